The first-order valence-corrected chi connectivity index (χ1v) is 21.3. The molecule has 0 radical (unpaired) electrons. The van der Waals surface area contributed by atoms with E-state index in [2.05, 4.69) is 39.9 Å². The first kappa shape index (κ1) is 48.6. The second-order valence-electron chi connectivity index (χ2n) is 14.5. The van der Waals surface area contributed by atoms with Crippen molar-refractivity contribution < 1.29 is 33.3 Å². The summed E-state index contributed by atoms with van der Waals surface area (Å²) < 4.78 is 29.3. The summed E-state index contributed by atoms with van der Waals surface area (Å²) in [6.45, 7) is 14.0. The SMILES string of the molecule is CCCCCCCCCCCCC(CCOC(=O)CCCCC(OCC(CCC)CCC)OCC(CCC)CCC)OC(=O)OCCCNC. The van der Waals surface area contributed by atoms with Gasteiger partial charge in [-0.1, -0.05) is 118 Å². The Balaban J connectivity index is 4.70. The normalized spacial score (nSPS) is 12.3. The van der Waals surface area contributed by atoms with Gasteiger partial charge in [0.05, 0.1) is 26.4 Å². The summed E-state index contributed by atoms with van der Waals surface area (Å²) in [6, 6.07) is 0. The summed E-state index contributed by atoms with van der Waals surface area (Å²) in [5.41, 5.74) is 0. The van der Waals surface area contributed by atoms with Crippen LogP contribution < -0.4 is 5.32 Å². The molecule has 0 fully saturated rings. The summed E-state index contributed by atoms with van der Waals surface area (Å²) in [4.78, 5) is 25.0. The highest BCUT2D eigenvalue weighted by Crippen LogP contribution is 2.20. The van der Waals surface area contributed by atoms with E-state index < -0.39 is 6.16 Å². The van der Waals surface area contributed by atoms with Crippen molar-refractivity contribution in [1.29, 1.82) is 0 Å². The third-order valence-electron chi connectivity index (χ3n) is 9.53. The van der Waals surface area contributed by atoms with Crippen molar-refractivity contribution in [3.63, 3.8) is 0 Å². The van der Waals surface area contributed by atoms with Gasteiger partial charge in [-0.15, -0.1) is 0 Å². The maximum Gasteiger partial charge on any atom is 0.508 e. The lowest BCUT2D eigenvalue weighted by Crippen LogP contribution is -2.24. The third-order valence-corrected chi connectivity index (χ3v) is 9.53. The van der Waals surface area contributed by atoms with Gasteiger partial charge in [-0.05, 0) is 89.6 Å². The molecular weight excluding hydrogens is 630 g/mol. The van der Waals surface area contributed by atoms with Crippen molar-refractivity contribution >= 4 is 12.1 Å². The van der Waals surface area contributed by atoms with E-state index in [1.165, 1.54) is 103 Å². The summed E-state index contributed by atoms with van der Waals surface area (Å²) in [7, 11) is 1.87. The summed E-state index contributed by atoms with van der Waals surface area (Å²) in [5.74, 6) is 0.949. The van der Waals surface area contributed by atoms with Crippen molar-refractivity contribution in [1.82, 2.24) is 5.32 Å². The second-order valence-corrected chi connectivity index (χ2v) is 14.5. The Morgan fingerprint density at radius 3 is 1.56 bits per heavy atom. The molecule has 0 heterocycles. The van der Waals surface area contributed by atoms with E-state index in [-0.39, 0.29) is 25.0 Å². The lowest BCUT2D eigenvalue weighted by molar-refractivity contribution is -0.163. The van der Waals surface area contributed by atoms with Crippen LogP contribution in [0.1, 0.15) is 195 Å². The van der Waals surface area contributed by atoms with E-state index in [0.717, 1.165) is 64.7 Å². The highest BCUT2D eigenvalue weighted by Gasteiger charge is 2.19. The van der Waals surface area contributed by atoms with Crippen LogP contribution in [0.3, 0.4) is 0 Å². The summed E-state index contributed by atoms with van der Waals surface area (Å²) in [5, 5.41) is 3.05. The first-order valence-electron chi connectivity index (χ1n) is 21.3. The lowest BCUT2D eigenvalue weighted by atomic mass is 9.99. The minimum Gasteiger partial charge on any atom is -0.466 e. The molecule has 0 aliphatic heterocycles. The van der Waals surface area contributed by atoms with Gasteiger partial charge in [0, 0.05) is 12.8 Å². The molecule has 0 rings (SSSR count). The number of hydrogen-bond acceptors (Lipinski definition) is 8. The molecular formula is C42H83NO7. The average Bonchev–Trinajstić information content (AvgIpc) is 3.10. The topological polar surface area (TPSA) is 92.3 Å². The highest BCUT2D eigenvalue weighted by molar-refractivity contribution is 5.69. The van der Waals surface area contributed by atoms with Crippen molar-refractivity contribution in [2.75, 3.05) is 40.0 Å². The fourth-order valence-corrected chi connectivity index (χ4v) is 6.61. The number of ether oxygens (including phenoxy) is 5. The van der Waals surface area contributed by atoms with Crippen molar-refractivity contribution in [3.8, 4) is 0 Å². The van der Waals surface area contributed by atoms with E-state index in [1.807, 2.05) is 7.05 Å². The van der Waals surface area contributed by atoms with Gasteiger partial charge in [0.1, 0.15) is 6.10 Å². The van der Waals surface area contributed by atoms with Crippen LogP contribution in [0.2, 0.25) is 0 Å². The summed E-state index contributed by atoms with van der Waals surface area (Å²) in [6.07, 6.45) is 25.5. The van der Waals surface area contributed by atoms with Crippen LogP contribution in [0.4, 0.5) is 4.79 Å². The van der Waals surface area contributed by atoms with Gasteiger partial charge in [-0.25, -0.2) is 4.79 Å². The van der Waals surface area contributed by atoms with Crippen LogP contribution in [0.5, 0.6) is 0 Å². The quantitative estimate of drug-likeness (QED) is 0.0384. The molecule has 0 aliphatic rings. The van der Waals surface area contributed by atoms with Crippen LogP contribution in [-0.4, -0.2) is 64.5 Å². The molecule has 50 heavy (non-hydrogen) atoms. The zero-order valence-electron chi connectivity index (χ0n) is 33.9. The largest absolute Gasteiger partial charge is 0.508 e. The third kappa shape index (κ3) is 31.4. The van der Waals surface area contributed by atoms with Crippen molar-refractivity contribution in [2.24, 2.45) is 11.8 Å². The molecule has 0 aromatic carbocycles. The molecule has 0 bridgehead atoms. The molecule has 0 aromatic rings. The molecule has 0 spiro atoms. The smallest absolute Gasteiger partial charge is 0.466 e. The number of rotatable bonds is 38. The molecule has 1 atom stereocenters. The molecule has 0 aromatic heterocycles. The number of unbranched alkanes of at least 4 members (excludes halogenated alkanes) is 10. The maximum absolute atomic E-state index is 12.6. The molecule has 0 saturated carbocycles. The Kier molecular flexibility index (Phi) is 36.3. The number of carbonyl (C=O) groups excluding carboxylic acids is 2. The minimum absolute atomic E-state index is 0.201. The van der Waals surface area contributed by atoms with Gasteiger partial charge in [0.15, 0.2) is 6.29 Å². The number of nitrogens with one attached hydrogen (secondary N) is 1. The maximum atomic E-state index is 12.6. The Morgan fingerprint density at radius 2 is 1.04 bits per heavy atom. The van der Waals surface area contributed by atoms with Gasteiger partial charge in [0.25, 0.3) is 0 Å². The van der Waals surface area contributed by atoms with Crippen LogP contribution in [0.25, 0.3) is 0 Å². The standard InChI is InChI=1S/C42H83NO7/c1-7-12-13-14-15-16-17-18-19-20-28-39(50-42(45)47-33-23-32-43-6)31-34-46-40(44)29-21-22-30-41(48-35-37(24-8-2)25-9-3)49-36-38(26-10-4)27-11-5/h37-39,41,43H,7-36H2,1-6H3. The van der Waals surface area contributed by atoms with E-state index in [0.29, 0.717) is 31.3 Å². The molecule has 1 unspecified atom stereocenters. The van der Waals surface area contributed by atoms with Gasteiger partial charge in [0.2, 0.25) is 0 Å². The van der Waals surface area contributed by atoms with Crippen LogP contribution >= 0.6 is 0 Å². The molecule has 8 nitrogen and oxygen atoms in total. The zero-order chi connectivity index (χ0) is 36.9. The lowest BCUT2D eigenvalue weighted by Gasteiger charge is -2.25. The first-order chi connectivity index (χ1) is 24.4. The van der Waals surface area contributed by atoms with E-state index in [9.17, 15) is 9.59 Å². The average molecular weight is 714 g/mol. The number of hydrogen-bond donors (Lipinski definition) is 1. The van der Waals surface area contributed by atoms with Gasteiger partial charge < -0.3 is 29.0 Å². The van der Waals surface area contributed by atoms with Gasteiger partial charge >= 0.3 is 12.1 Å². The summed E-state index contributed by atoms with van der Waals surface area (Å²) >= 11 is 0. The van der Waals surface area contributed by atoms with Crippen LogP contribution in [0.15, 0.2) is 0 Å². The molecule has 0 amide bonds. The zero-order valence-corrected chi connectivity index (χ0v) is 33.9. The van der Waals surface area contributed by atoms with Crippen molar-refractivity contribution in [3.05, 3.63) is 0 Å². The second kappa shape index (κ2) is 37.4. The molecule has 0 aliphatic carbocycles. The molecule has 0 saturated heterocycles. The van der Waals surface area contributed by atoms with E-state index >= 15 is 0 Å². The Hall–Kier alpha value is -1.38. The van der Waals surface area contributed by atoms with E-state index in [1.54, 1.807) is 0 Å². The fourth-order valence-electron chi connectivity index (χ4n) is 6.61. The van der Waals surface area contributed by atoms with Gasteiger partial charge in [-0.2, -0.15) is 0 Å². The van der Waals surface area contributed by atoms with Gasteiger partial charge in [-0.3, -0.25) is 4.79 Å². The number of esters is 1. The minimum atomic E-state index is -0.630. The Morgan fingerprint density at radius 1 is 0.520 bits per heavy atom. The van der Waals surface area contributed by atoms with Crippen LogP contribution in [0, 0.1) is 11.8 Å². The molecule has 1 N–H and O–H groups in total. The highest BCUT2D eigenvalue weighted by atomic mass is 16.7. The number of carbonyl (C=O) groups is 2. The predicted molar refractivity (Wildman–Crippen MR) is 208 cm³/mol. The van der Waals surface area contributed by atoms with Crippen molar-refractivity contribution in [2.45, 2.75) is 208 Å². The molecule has 8 heteroatoms. The Bertz CT molecular complexity index is 705. The Labute approximate surface area is 309 Å². The predicted octanol–water partition coefficient (Wildman–Crippen LogP) is 11.7. The van der Waals surface area contributed by atoms with Crippen LogP contribution in [-0.2, 0) is 28.5 Å². The fraction of sp³-hybridized carbons (Fsp3) is 0.952. The molecule has 298 valence electrons. The monoisotopic (exact) mass is 714 g/mol. The van der Waals surface area contributed by atoms with E-state index in [4.69, 9.17) is 23.7 Å².